The summed E-state index contributed by atoms with van der Waals surface area (Å²) in [5, 5.41) is 7.56. The van der Waals surface area contributed by atoms with E-state index in [1.54, 1.807) is 0 Å². The van der Waals surface area contributed by atoms with Crippen LogP contribution in [0.5, 0.6) is 0 Å². The van der Waals surface area contributed by atoms with E-state index in [-0.39, 0.29) is 10.8 Å². The van der Waals surface area contributed by atoms with Crippen molar-refractivity contribution in [1.82, 2.24) is 0 Å². The zero-order chi connectivity index (χ0) is 34.2. The second-order valence-corrected chi connectivity index (χ2v) is 15.9. The normalized spacial score (nSPS) is 12.5. The summed E-state index contributed by atoms with van der Waals surface area (Å²) in [4.78, 5) is 0. The molecule has 0 aliphatic heterocycles. The van der Waals surface area contributed by atoms with Crippen LogP contribution in [0, 0.1) is 13.8 Å². The van der Waals surface area contributed by atoms with Crippen LogP contribution >= 0.6 is 0 Å². The smallest absolute Gasteiger partial charge is 0.135 e. The summed E-state index contributed by atoms with van der Waals surface area (Å²) in [5.74, 6) is 0. The monoisotopic (exact) mass is 636 g/mol. The predicted molar refractivity (Wildman–Crippen MR) is 212 cm³/mol. The van der Waals surface area contributed by atoms with E-state index < -0.39 is 0 Å². The Morgan fingerprint density at radius 2 is 0.633 bits per heavy atom. The van der Waals surface area contributed by atoms with Crippen molar-refractivity contribution in [3.8, 4) is 33.4 Å². The molecule has 0 radical (unpaired) electrons. The summed E-state index contributed by atoms with van der Waals surface area (Å²) >= 11 is 0. The molecule has 1 nitrogen and oxygen atoms in total. The number of hydrogen-bond donors (Lipinski definition) is 0. The van der Waals surface area contributed by atoms with E-state index in [1.165, 1.54) is 77.2 Å². The SMILES string of the molecule is Cc1c2ccc(-c3ccc4oc5ccc(-c6ccc(C(C)(C)C)cc6)cc5c4c3)cc2c(C)c2ccc(-c3ccc(C(C)(C)C)cc3)cc12. The van der Waals surface area contributed by atoms with Gasteiger partial charge in [0.1, 0.15) is 11.2 Å². The third-order valence-corrected chi connectivity index (χ3v) is 10.6. The van der Waals surface area contributed by atoms with Crippen molar-refractivity contribution in [2.24, 2.45) is 0 Å². The Kier molecular flexibility index (Phi) is 7.12. The molecule has 1 heterocycles. The van der Waals surface area contributed by atoms with Crippen molar-refractivity contribution in [1.29, 1.82) is 0 Å². The summed E-state index contributed by atoms with van der Waals surface area (Å²) in [6.45, 7) is 18.1. The molecule has 0 aliphatic rings. The van der Waals surface area contributed by atoms with Crippen LogP contribution in [0.4, 0.5) is 0 Å². The molecule has 0 atom stereocenters. The lowest BCUT2D eigenvalue weighted by atomic mass is 9.85. The maximum absolute atomic E-state index is 6.31. The molecule has 8 aromatic rings. The first-order valence-corrected chi connectivity index (χ1v) is 17.5. The van der Waals surface area contributed by atoms with Gasteiger partial charge in [-0.2, -0.15) is 0 Å². The first kappa shape index (κ1) is 31.1. The van der Waals surface area contributed by atoms with Gasteiger partial charge in [0.2, 0.25) is 0 Å². The predicted octanol–water partition coefficient (Wildman–Crippen LogP) is 14.1. The molecule has 0 fully saturated rings. The summed E-state index contributed by atoms with van der Waals surface area (Å²) < 4.78 is 6.31. The molecule has 242 valence electrons. The molecule has 0 aliphatic carbocycles. The first-order chi connectivity index (χ1) is 23.3. The third kappa shape index (κ3) is 5.42. The Morgan fingerprint density at radius 1 is 0.327 bits per heavy atom. The van der Waals surface area contributed by atoms with Gasteiger partial charge in [0, 0.05) is 10.8 Å². The minimum Gasteiger partial charge on any atom is -0.456 e. The molecule has 49 heavy (non-hydrogen) atoms. The lowest BCUT2D eigenvalue weighted by Gasteiger charge is -2.19. The highest BCUT2D eigenvalue weighted by Gasteiger charge is 2.17. The number of rotatable bonds is 3. The molecule has 1 aromatic heterocycles. The van der Waals surface area contributed by atoms with E-state index in [9.17, 15) is 0 Å². The summed E-state index contributed by atoms with van der Waals surface area (Å²) in [6, 6.07) is 45.2. The molecular weight excluding hydrogens is 593 g/mol. The van der Waals surface area contributed by atoms with E-state index in [0.717, 1.165) is 21.9 Å². The van der Waals surface area contributed by atoms with Gasteiger partial charge in [-0.1, -0.05) is 126 Å². The fourth-order valence-corrected chi connectivity index (χ4v) is 7.47. The van der Waals surface area contributed by atoms with Crippen LogP contribution in [0.1, 0.15) is 63.8 Å². The molecule has 1 heteroatoms. The van der Waals surface area contributed by atoms with Crippen LogP contribution < -0.4 is 0 Å². The molecule has 0 unspecified atom stereocenters. The minimum absolute atomic E-state index is 0.135. The van der Waals surface area contributed by atoms with Gasteiger partial charge >= 0.3 is 0 Å². The van der Waals surface area contributed by atoms with Crippen molar-refractivity contribution in [2.75, 3.05) is 0 Å². The van der Waals surface area contributed by atoms with Crippen molar-refractivity contribution >= 4 is 43.5 Å². The second-order valence-electron chi connectivity index (χ2n) is 15.9. The Hall–Kier alpha value is -5.14. The second kappa shape index (κ2) is 11.2. The number of furan rings is 1. The Balaban J connectivity index is 1.18. The molecule has 7 aromatic carbocycles. The summed E-state index contributed by atoms with van der Waals surface area (Å²) in [7, 11) is 0. The van der Waals surface area contributed by atoms with Crippen LogP contribution in [-0.4, -0.2) is 0 Å². The molecule has 8 rings (SSSR count). The molecular formula is C48H44O. The Labute approximate surface area is 290 Å². The van der Waals surface area contributed by atoms with Gasteiger partial charge in [-0.05, 0) is 138 Å². The van der Waals surface area contributed by atoms with Crippen LogP contribution in [0.25, 0.3) is 76.9 Å². The van der Waals surface area contributed by atoms with Gasteiger partial charge in [-0.25, -0.2) is 0 Å². The van der Waals surface area contributed by atoms with Crippen LogP contribution in [-0.2, 0) is 10.8 Å². The lowest BCUT2D eigenvalue weighted by Crippen LogP contribution is -2.10. The molecule has 0 N–H and O–H groups in total. The van der Waals surface area contributed by atoms with E-state index in [1.807, 2.05) is 0 Å². The third-order valence-electron chi connectivity index (χ3n) is 10.6. The molecule has 0 bridgehead atoms. The number of aryl methyl sites for hydroxylation is 2. The van der Waals surface area contributed by atoms with Crippen LogP contribution in [0.15, 0.2) is 126 Å². The van der Waals surface area contributed by atoms with Crippen LogP contribution in [0.3, 0.4) is 0 Å². The van der Waals surface area contributed by atoms with Gasteiger partial charge in [-0.15, -0.1) is 0 Å². The lowest BCUT2D eigenvalue weighted by molar-refractivity contribution is 0.590. The van der Waals surface area contributed by atoms with E-state index in [4.69, 9.17) is 4.42 Å². The van der Waals surface area contributed by atoms with Crippen molar-refractivity contribution in [3.05, 3.63) is 144 Å². The number of hydrogen-bond acceptors (Lipinski definition) is 1. The zero-order valence-corrected chi connectivity index (χ0v) is 30.0. The highest BCUT2D eigenvalue weighted by Crippen LogP contribution is 2.39. The Bertz CT molecular complexity index is 2540. The maximum Gasteiger partial charge on any atom is 0.135 e. The van der Waals surface area contributed by atoms with Crippen molar-refractivity contribution in [2.45, 2.75) is 66.2 Å². The molecule has 0 saturated carbocycles. The van der Waals surface area contributed by atoms with E-state index in [0.29, 0.717) is 0 Å². The molecule has 0 spiro atoms. The average molecular weight is 637 g/mol. The topological polar surface area (TPSA) is 13.1 Å². The van der Waals surface area contributed by atoms with E-state index >= 15 is 0 Å². The Morgan fingerprint density at radius 3 is 1.00 bits per heavy atom. The highest BCUT2D eigenvalue weighted by molar-refractivity contribution is 6.09. The van der Waals surface area contributed by atoms with Gasteiger partial charge in [0.15, 0.2) is 0 Å². The molecule has 0 amide bonds. The maximum atomic E-state index is 6.31. The minimum atomic E-state index is 0.135. The van der Waals surface area contributed by atoms with E-state index in [2.05, 4.69) is 177 Å². The van der Waals surface area contributed by atoms with Gasteiger partial charge < -0.3 is 4.42 Å². The fourth-order valence-electron chi connectivity index (χ4n) is 7.47. The van der Waals surface area contributed by atoms with Crippen LogP contribution in [0.2, 0.25) is 0 Å². The van der Waals surface area contributed by atoms with Crippen molar-refractivity contribution < 1.29 is 4.42 Å². The molecule has 0 saturated heterocycles. The summed E-state index contributed by atoms with van der Waals surface area (Å²) in [5.41, 5.74) is 14.8. The largest absolute Gasteiger partial charge is 0.456 e. The van der Waals surface area contributed by atoms with Gasteiger partial charge in [-0.3, -0.25) is 0 Å². The summed E-state index contributed by atoms with van der Waals surface area (Å²) in [6.07, 6.45) is 0. The fraction of sp³-hybridized carbons (Fsp3) is 0.208. The highest BCUT2D eigenvalue weighted by atomic mass is 16.3. The van der Waals surface area contributed by atoms with Crippen molar-refractivity contribution in [3.63, 3.8) is 0 Å². The standard InChI is InChI=1S/C48H44O/c1-29-40-22-14-35(26-42(40)30(2)39-21-13-33(25-41(29)39)31-9-17-37(18-10-31)47(3,4)5)36-16-24-46-44(28-36)43-27-34(15-23-45(43)49-46)32-11-19-38(20-12-32)48(6,7)8/h9-28H,1-8H3. The zero-order valence-electron chi connectivity index (χ0n) is 30.0. The first-order valence-electron chi connectivity index (χ1n) is 17.5. The quantitative estimate of drug-likeness (QED) is 0.176. The average Bonchev–Trinajstić information content (AvgIpc) is 3.47. The number of fused-ring (bicyclic) bond motifs is 5. The number of benzene rings is 7. The van der Waals surface area contributed by atoms with Gasteiger partial charge in [0.05, 0.1) is 0 Å². The van der Waals surface area contributed by atoms with Gasteiger partial charge in [0.25, 0.3) is 0 Å².